The molecular weight excluding hydrogens is 438 g/mol. The van der Waals surface area contributed by atoms with E-state index in [1.165, 1.54) is 22.1 Å². The van der Waals surface area contributed by atoms with E-state index in [-0.39, 0.29) is 43.1 Å². The third-order valence-corrected chi connectivity index (χ3v) is 5.26. The fraction of sp³-hybridized carbons (Fsp3) is 0.333. The van der Waals surface area contributed by atoms with Crippen molar-refractivity contribution in [2.75, 3.05) is 25.0 Å². The predicted molar refractivity (Wildman–Crippen MR) is 126 cm³/mol. The Kier molecular flexibility index (Phi) is 9.32. The van der Waals surface area contributed by atoms with E-state index in [1.807, 2.05) is 44.2 Å². The molecule has 0 fully saturated rings. The van der Waals surface area contributed by atoms with Crippen molar-refractivity contribution < 1.29 is 9.90 Å². The molecular formula is C21H26ClN5O3S. The minimum absolute atomic E-state index is 0. The fourth-order valence-electron chi connectivity index (χ4n) is 2.82. The number of hydrogen-bond donors (Lipinski definition) is 3. The SMILES string of the molecule is CC(C)n1nc(-c2sc(NC(=O)CNCCCO)nc2-c2ccccc2)ccc1=O.Cl. The van der Waals surface area contributed by atoms with Gasteiger partial charge in [0.15, 0.2) is 5.13 Å². The first kappa shape index (κ1) is 24.7. The summed E-state index contributed by atoms with van der Waals surface area (Å²) in [6.07, 6.45) is 0.587. The molecule has 0 aliphatic rings. The fourth-order valence-corrected chi connectivity index (χ4v) is 3.79. The summed E-state index contributed by atoms with van der Waals surface area (Å²) in [5, 5.41) is 19.6. The summed E-state index contributed by atoms with van der Waals surface area (Å²) in [5.74, 6) is -0.215. The lowest BCUT2D eigenvalue weighted by molar-refractivity contribution is -0.115. The minimum atomic E-state index is -0.215. The molecule has 10 heteroatoms. The van der Waals surface area contributed by atoms with E-state index in [1.54, 1.807) is 6.07 Å². The van der Waals surface area contributed by atoms with Gasteiger partial charge < -0.3 is 15.7 Å². The van der Waals surface area contributed by atoms with Gasteiger partial charge in [0, 0.05) is 18.2 Å². The smallest absolute Gasteiger partial charge is 0.267 e. The average molecular weight is 464 g/mol. The number of anilines is 1. The zero-order valence-electron chi connectivity index (χ0n) is 17.4. The van der Waals surface area contributed by atoms with Gasteiger partial charge >= 0.3 is 0 Å². The summed E-state index contributed by atoms with van der Waals surface area (Å²) < 4.78 is 1.44. The summed E-state index contributed by atoms with van der Waals surface area (Å²) in [6, 6.07) is 12.8. The number of rotatable bonds is 9. The van der Waals surface area contributed by atoms with Gasteiger partial charge in [0.1, 0.15) is 5.69 Å². The van der Waals surface area contributed by atoms with Crippen molar-refractivity contribution in [1.29, 1.82) is 0 Å². The monoisotopic (exact) mass is 463 g/mol. The highest BCUT2D eigenvalue weighted by atomic mass is 35.5. The molecule has 0 aliphatic heterocycles. The first-order chi connectivity index (χ1) is 14.5. The summed E-state index contributed by atoms with van der Waals surface area (Å²) in [4.78, 5) is 29.7. The average Bonchev–Trinajstić information content (AvgIpc) is 3.15. The van der Waals surface area contributed by atoms with Crippen LogP contribution in [-0.2, 0) is 4.79 Å². The van der Waals surface area contributed by atoms with Crippen molar-refractivity contribution in [2.45, 2.75) is 26.3 Å². The molecule has 3 N–H and O–H groups in total. The molecule has 0 saturated carbocycles. The predicted octanol–water partition coefficient (Wildman–Crippen LogP) is 2.95. The molecule has 0 atom stereocenters. The molecule has 166 valence electrons. The number of benzene rings is 1. The van der Waals surface area contributed by atoms with Crippen molar-refractivity contribution in [3.05, 3.63) is 52.8 Å². The van der Waals surface area contributed by atoms with E-state index in [9.17, 15) is 9.59 Å². The Hall–Kier alpha value is -2.59. The van der Waals surface area contributed by atoms with Gasteiger partial charge in [0.05, 0.1) is 23.2 Å². The Balaban J connectivity index is 0.00000341. The Labute approximate surface area is 190 Å². The molecule has 0 radical (unpaired) electrons. The van der Waals surface area contributed by atoms with Gasteiger partial charge in [-0.25, -0.2) is 9.67 Å². The molecule has 3 aromatic rings. The van der Waals surface area contributed by atoms with Crippen LogP contribution in [0.2, 0.25) is 0 Å². The largest absolute Gasteiger partial charge is 0.396 e. The maximum atomic E-state index is 12.2. The molecule has 2 aromatic heterocycles. The number of aromatic nitrogens is 3. The van der Waals surface area contributed by atoms with Crippen LogP contribution in [0, 0.1) is 0 Å². The molecule has 3 rings (SSSR count). The highest BCUT2D eigenvalue weighted by Gasteiger charge is 2.18. The number of hydrogen-bond acceptors (Lipinski definition) is 7. The van der Waals surface area contributed by atoms with E-state index in [4.69, 9.17) is 5.11 Å². The maximum absolute atomic E-state index is 12.2. The number of nitrogens with zero attached hydrogens (tertiary/aromatic N) is 3. The van der Waals surface area contributed by atoms with Crippen LogP contribution in [0.5, 0.6) is 0 Å². The lowest BCUT2D eigenvalue weighted by Gasteiger charge is -2.09. The molecule has 31 heavy (non-hydrogen) atoms. The van der Waals surface area contributed by atoms with Gasteiger partial charge in [-0.15, -0.1) is 12.4 Å². The van der Waals surface area contributed by atoms with Crippen molar-refractivity contribution in [1.82, 2.24) is 20.1 Å². The van der Waals surface area contributed by atoms with Crippen molar-refractivity contribution >= 4 is 34.8 Å². The van der Waals surface area contributed by atoms with Crippen LogP contribution in [0.1, 0.15) is 26.3 Å². The Bertz CT molecular complexity index is 1050. The lowest BCUT2D eigenvalue weighted by Crippen LogP contribution is -2.29. The van der Waals surface area contributed by atoms with Crippen molar-refractivity contribution in [2.24, 2.45) is 0 Å². The third kappa shape index (κ3) is 6.44. The number of nitrogens with one attached hydrogen (secondary N) is 2. The van der Waals surface area contributed by atoms with E-state index in [0.717, 1.165) is 10.4 Å². The van der Waals surface area contributed by atoms with Gasteiger partial charge in [0.2, 0.25) is 5.91 Å². The molecule has 1 aromatic carbocycles. The Morgan fingerprint density at radius 3 is 2.61 bits per heavy atom. The van der Waals surface area contributed by atoms with Crippen LogP contribution >= 0.6 is 23.7 Å². The van der Waals surface area contributed by atoms with Crippen LogP contribution in [0.4, 0.5) is 5.13 Å². The standard InChI is InChI=1S/C21H25N5O3S.ClH/c1-14(2)26-18(29)10-9-16(25-26)20-19(15-7-4-3-5-8-15)24-21(30-20)23-17(28)13-22-11-6-12-27;/h3-5,7-10,14,22,27H,6,11-13H2,1-2H3,(H,23,24,28);1H. The molecule has 2 heterocycles. The van der Waals surface area contributed by atoms with E-state index in [0.29, 0.717) is 29.5 Å². The quantitative estimate of drug-likeness (QED) is 0.421. The topological polar surface area (TPSA) is 109 Å². The van der Waals surface area contributed by atoms with Crippen LogP contribution in [-0.4, -0.2) is 45.5 Å². The molecule has 0 spiro atoms. The normalized spacial score (nSPS) is 10.7. The van der Waals surface area contributed by atoms with Crippen molar-refractivity contribution in [3.63, 3.8) is 0 Å². The van der Waals surface area contributed by atoms with Gasteiger partial charge in [-0.2, -0.15) is 5.10 Å². The van der Waals surface area contributed by atoms with Gasteiger partial charge in [0.25, 0.3) is 5.56 Å². The molecule has 0 unspecified atom stereocenters. The number of halogens is 1. The number of carbonyl (C=O) groups is 1. The lowest BCUT2D eigenvalue weighted by atomic mass is 10.1. The summed E-state index contributed by atoms with van der Waals surface area (Å²) in [5.41, 5.74) is 2.06. The first-order valence-corrected chi connectivity index (χ1v) is 10.6. The van der Waals surface area contributed by atoms with Gasteiger partial charge in [-0.1, -0.05) is 41.7 Å². The molecule has 0 saturated heterocycles. The summed E-state index contributed by atoms with van der Waals surface area (Å²) in [7, 11) is 0. The highest BCUT2D eigenvalue weighted by molar-refractivity contribution is 7.19. The summed E-state index contributed by atoms with van der Waals surface area (Å²) in [6.45, 7) is 4.57. The second-order valence-electron chi connectivity index (χ2n) is 6.96. The number of thiazole rings is 1. The zero-order valence-corrected chi connectivity index (χ0v) is 19.0. The number of aliphatic hydroxyl groups is 1. The molecule has 0 bridgehead atoms. The van der Waals surface area contributed by atoms with E-state index in [2.05, 4.69) is 20.7 Å². The molecule has 8 nitrogen and oxygen atoms in total. The third-order valence-electron chi connectivity index (χ3n) is 4.26. The van der Waals surface area contributed by atoms with Crippen LogP contribution < -0.4 is 16.2 Å². The molecule has 0 aliphatic carbocycles. The Morgan fingerprint density at radius 1 is 1.19 bits per heavy atom. The zero-order chi connectivity index (χ0) is 21.5. The number of amides is 1. The number of aliphatic hydroxyl groups excluding tert-OH is 1. The second kappa shape index (κ2) is 11.7. The van der Waals surface area contributed by atoms with Crippen LogP contribution in [0.25, 0.3) is 21.8 Å². The second-order valence-corrected chi connectivity index (χ2v) is 7.96. The maximum Gasteiger partial charge on any atom is 0.267 e. The first-order valence-electron chi connectivity index (χ1n) is 9.77. The molecule has 1 amide bonds. The summed E-state index contributed by atoms with van der Waals surface area (Å²) >= 11 is 1.32. The van der Waals surface area contributed by atoms with E-state index < -0.39 is 0 Å². The van der Waals surface area contributed by atoms with Crippen molar-refractivity contribution in [3.8, 4) is 21.8 Å². The number of carbonyl (C=O) groups excluding carboxylic acids is 1. The van der Waals surface area contributed by atoms with Gasteiger partial charge in [-0.3, -0.25) is 9.59 Å². The highest BCUT2D eigenvalue weighted by Crippen LogP contribution is 2.37. The van der Waals surface area contributed by atoms with Crippen LogP contribution in [0.15, 0.2) is 47.3 Å². The van der Waals surface area contributed by atoms with Crippen LogP contribution in [0.3, 0.4) is 0 Å². The minimum Gasteiger partial charge on any atom is -0.396 e. The van der Waals surface area contributed by atoms with E-state index >= 15 is 0 Å². The van der Waals surface area contributed by atoms with Gasteiger partial charge in [-0.05, 0) is 32.9 Å². The Morgan fingerprint density at radius 2 is 1.94 bits per heavy atom.